The smallest absolute Gasteiger partial charge is 0.294 e. The Kier molecular flexibility index (Phi) is 2.76. The van der Waals surface area contributed by atoms with E-state index in [4.69, 9.17) is 9.29 Å². The van der Waals surface area contributed by atoms with Crippen LogP contribution in [-0.2, 0) is 20.6 Å². The molecule has 6 heteroatoms. The molecule has 4 nitrogen and oxygen atoms in total. The standard InChI is InChI=1S/C9H10O4S2/c1-13-9-8-4-7(15(10,11)12)3-2-6(8)5-14-9/h2-4,9H,5H2,1H3,(H,10,11,12). The highest BCUT2D eigenvalue weighted by molar-refractivity contribution is 7.98. The van der Waals surface area contributed by atoms with Crippen LogP contribution in [0.15, 0.2) is 23.1 Å². The van der Waals surface area contributed by atoms with Gasteiger partial charge in [0.25, 0.3) is 10.1 Å². The fraction of sp³-hybridized carbons (Fsp3) is 0.333. The summed E-state index contributed by atoms with van der Waals surface area (Å²) in [6.45, 7) is 0. The summed E-state index contributed by atoms with van der Waals surface area (Å²) in [4.78, 5) is -0.0780. The Morgan fingerprint density at radius 1 is 1.53 bits per heavy atom. The molecule has 0 radical (unpaired) electrons. The van der Waals surface area contributed by atoms with Gasteiger partial charge in [0.2, 0.25) is 0 Å². The molecule has 0 saturated carbocycles. The molecule has 1 aliphatic heterocycles. The van der Waals surface area contributed by atoms with Crippen molar-refractivity contribution >= 4 is 21.9 Å². The summed E-state index contributed by atoms with van der Waals surface area (Å²) >= 11 is 1.59. The minimum atomic E-state index is -4.12. The minimum Gasteiger partial charge on any atom is -0.366 e. The summed E-state index contributed by atoms with van der Waals surface area (Å²) in [5.74, 6) is 0.805. The molecular weight excluding hydrogens is 236 g/mol. The molecular formula is C9H10O4S2. The fourth-order valence-electron chi connectivity index (χ4n) is 1.53. The normalized spacial score (nSPS) is 20.3. The zero-order valence-corrected chi connectivity index (χ0v) is 9.64. The van der Waals surface area contributed by atoms with Crippen molar-refractivity contribution in [3.8, 4) is 0 Å². The first-order valence-electron chi connectivity index (χ1n) is 4.27. The lowest BCUT2D eigenvalue weighted by Gasteiger charge is -2.08. The van der Waals surface area contributed by atoms with E-state index in [0.717, 1.165) is 16.9 Å². The van der Waals surface area contributed by atoms with E-state index < -0.39 is 10.1 Å². The second-order valence-corrected chi connectivity index (χ2v) is 5.69. The van der Waals surface area contributed by atoms with Gasteiger partial charge in [-0.1, -0.05) is 6.07 Å². The maximum atomic E-state index is 10.9. The van der Waals surface area contributed by atoms with E-state index in [2.05, 4.69) is 0 Å². The van der Waals surface area contributed by atoms with Gasteiger partial charge in [0.1, 0.15) is 5.44 Å². The predicted octanol–water partition coefficient (Wildman–Crippen LogP) is 1.83. The van der Waals surface area contributed by atoms with Gasteiger partial charge in [-0.25, -0.2) is 0 Å². The largest absolute Gasteiger partial charge is 0.366 e. The molecule has 82 valence electrons. The lowest BCUT2D eigenvalue weighted by atomic mass is 10.1. The second kappa shape index (κ2) is 3.79. The first-order valence-corrected chi connectivity index (χ1v) is 6.76. The van der Waals surface area contributed by atoms with Crippen molar-refractivity contribution < 1.29 is 17.7 Å². The summed E-state index contributed by atoms with van der Waals surface area (Å²) in [5.41, 5.74) is 1.75. The molecule has 0 amide bonds. The van der Waals surface area contributed by atoms with E-state index in [1.165, 1.54) is 12.1 Å². The van der Waals surface area contributed by atoms with E-state index in [-0.39, 0.29) is 10.3 Å². The molecule has 1 atom stereocenters. The van der Waals surface area contributed by atoms with Crippen LogP contribution in [0.2, 0.25) is 0 Å². The average Bonchev–Trinajstić information content (AvgIpc) is 2.57. The monoisotopic (exact) mass is 246 g/mol. The van der Waals surface area contributed by atoms with Gasteiger partial charge in [-0.05, 0) is 23.3 Å². The Morgan fingerprint density at radius 3 is 2.87 bits per heavy atom. The van der Waals surface area contributed by atoms with Crippen molar-refractivity contribution in [1.29, 1.82) is 0 Å². The Balaban J connectivity index is 2.50. The van der Waals surface area contributed by atoms with Crippen molar-refractivity contribution in [3.63, 3.8) is 0 Å². The number of methoxy groups -OCH3 is 1. The van der Waals surface area contributed by atoms with Gasteiger partial charge in [0.15, 0.2) is 0 Å². The van der Waals surface area contributed by atoms with Gasteiger partial charge >= 0.3 is 0 Å². The number of ether oxygens (including phenoxy) is 1. The van der Waals surface area contributed by atoms with Crippen LogP contribution in [0.1, 0.15) is 16.6 Å². The van der Waals surface area contributed by atoms with E-state index in [9.17, 15) is 8.42 Å². The van der Waals surface area contributed by atoms with Crippen molar-refractivity contribution in [2.75, 3.05) is 7.11 Å². The second-order valence-electron chi connectivity index (χ2n) is 3.21. The van der Waals surface area contributed by atoms with E-state index in [1.54, 1.807) is 24.9 Å². The summed E-state index contributed by atoms with van der Waals surface area (Å²) < 4.78 is 36.0. The summed E-state index contributed by atoms with van der Waals surface area (Å²) in [7, 11) is -2.54. The molecule has 1 aliphatic rings. The van der Waals surface area contributed by atoms with Gasteiger partial charge in [-0.2, -0.15) is 8.42 Å². The molecule has 0 aromatic heterocycles. The van der Waals surface area contributed by atoms with E-state index in [1.807, 2.05) is 0 Å². The molecule has 1 unspecified atom stereocenters. The number of fused-ring (bicyclic) bond motifs is 1. The van der Waals surface area contributed by atoms with Crippen LogP contribution in [0, 0.1) is 0 Å². The van der Waals surface area contributed by atoms with Crippen LogP contribution in [0.3, 0.4) is 0 Å². The number of benzene rings is 1. The van der Waals surface area contributed by atoms with Gasteiger partial charge < -0.3 is 4.74 Å². The van der Waals surface area contributed by atoms with Crippen LogP contribution < -0.4 is 0 Å². The number of hydrogen-bond donors (Lipinski definition) is 1. The van der Waals surface area contributed by atoms with Crippen LogP contribution in [0.4, 0.5) is 0 Å². The maximum Gasteiger partial charge on any atom is 0.294 e. The van der Waals surface area contributed by atoms with Crippen LogP contribution in [0.5, 0.6) is 0 Å². The predicted molar refractivity (Wildman–Crippen MR) is 57.3 cm³/mol. The van der Waals surface area contributed by atoms with E-state index >= 15 is 0 Å². The van der Waals surface area contributed by atoms with Crippen LogP contribution >= 0.6 is 11.8 Å². The molecule has 0 aliphatic carbocycles. The average molecular weight is 246 g/mol. The third-order valence-electron chi connectivity index (χ3n) is 2.27. The highest BCUT2D eigenvalue weighted by Crippen LogP contribution is 2.42. The third kappa shape index (κ3) is 2.03. The van der Waals surface area contributed by atoms with Crippen molar-refractivity contribution in [3.05, 3.63) is 29.3 Å². The zero-order valence-electron chi connectivity index (χ0n) is 8.00. The van der Waals surface area contributed by atoms with E-state index in [0.29, 0.717) is 0 Å². The van der Waals surface area contributed by atoms with Gasteiger partial charge in [0, 0.05) is 12.9 Å². The first kappa shape index (κ1) is 10.9. The van der Waals surface area contributed by atoms with Gasteiger partial charge in [-0.3, -0.25) is 4.55 Å². The zero-order chi connectivity index (χ0) is 11.1. The van der Waals surface area contributed by atoms with Crippen LogP contribution in [-0.4, -0.2) is 20.1 Å². The number of hydrogen-bond acceptors (Lipinski definition) is 4. The highest BCUT2D eigenvalue weighted by Gasteiger charge is 2.24. The minimum absolute atomic E-state index is 0.0780. The van der Waals surface area contributed by atoms with Crippen molar-refractivity contribution in [2.45, 2.75) is 16.1 Å². The van der Waals surface area contributed by atoms with Gasteiger partial charge in [0.05, 0.1) is 4.90 Å². The molecule has 0 fully saturated rings. The molecule has 2 rings (SSSR count). The molecule has 1 heterocycles. The third-order valence-corrected chi connectivity index (χ3v) is 4.35. The molecule has 0 bridgehead atoms. The molecule has 1 aromatic rings. The van der Waals surface area contributed by atoms with Crippen molar-refractivity contribution in [2.24, 2.45) is 0 Å². The fourth-order valence-corrected chi connectivity index (χ4v) is 3.18. The Labute approximate surface area is 92.4 Å². The number of rotatable bonds is 2. The lowest BCUT2D eigenvalue weighted by molar-refractivity contribution is 0.177. The molecule has 1 N–H and O–H groups in total. The van der Waals surface area contributed by atoms with Crippen LogP contribution in [0.25, 0.3) is 0 Å². The topological polar surface area (TPSA) is 63.6 Å². The lowest BCUT2D eigenvalue weighted by Crippen LogP contribution is -2.01. The molecule has 0 spiro atoms. The quantitative estimate of drug-likeness (QED) is 0.806. The summed E-state index contributed by atoms with van der Waals surface area (Å²) in [5, 5.41) is 0. The summed E-state index contributed by atoms with van der Waals surface area (Å²) in [6.07, 6.45) is 0. The molecule has 1 aromatic carbocycles. The Morgan fingerprint density at radius 2 is 2.27 bits per heavy atom. The highest BCUT2D eigenvalue weighted by atomic mass is 32.2. The first-order chi connectivity index (χ1) is 7.02. The maximum absolute atomic E-state index is 10.9. The SMILES string of the molecule is COC1SCc2ccc(S(=O)(=O)O)cc21. The van der Waals surface area contributed by atoms with Crippen molar-refractivity contribution in [1.82, 2.24) is 0 Å². The molecule has 0 saturated heterocycles. The van der Waals surface area contributed by atoms with Gasteiger partial charge in [-0.15, -0.1) is 11.8 Å². The number of thioether (sulfide) groups is 1. The summed E-state index contributed by atoms with van der Waals surface area (Å²) in [6, 6.07) is 4.59. The molecule has 15 heavy (non-hydrogen) atoms. The Bertz CT molecular complexity index is 481. The Hall–Kier alpha value is -0.560.